The van der Waals surface area contributed by atoms with Gasteiger partial charge in [0.2, 0.25) is 0 Å². The first-order valence-electron chi connectivity index (χ1n) is 12.2. The maximum atomic E-state index is 4.74. The lowest BCUT2D eigenvalue weighted by Crippen LogP contribution is -2.33. The van der Waals surface area contributed by atoms with Crippen LogP contribution in [0.4, 0.5) is 17.3 Å². The van der Waals surface area contributed by atoms with Gasteiger partial charge in [0.15, 0.2) is 22.8 Å². The second kappa shape index (κ2) is 8.91. The van der Waals surface area contributed by atoms with Gasteiger partial charge in [0.1, 0.15) is 11.4 Å². The normalized spacial score (nSPS) is 15.4. The van der Waals surface area contributed by atoms with Gasteiger partial charge in [0.25, 0.3) is 0 Å². The predicted octanol–water partition coefficient (Wildman–Crippen LogP) is 5.26. The number of nitrogens with zero attached hydrogens (tertiary/aromatic N) is 7. The summed E-state index contributed by atoms with van der Waals surface area (Å²) in [4.78, 5) is 26.3. The van der Waals surface area contributed by atoms with E-state index in [0.29, 0.717) is 12.5 Å². The lowest BCUT2D eigenvalue weighted by molar-refractivity contribution is 0.503. The number of hydrogen-bond acceptors (Lipinski definition) is 8. The zero-order valence-corrected chi connectivity index (χ0v) is 20.4. The standard InChI is InChI=1S/C27H24N8S/c1-2-4-19(5-3-1)20-8-12-34(13-9-20)25-23-26(31-16-30-25)35(17-32-23)15-18-6-7-22-21(14-18)33-24-27(36-22)29-11-10-28-24/h1-7,10-11,14,16-17,20H,8-9,12-13,15H2,(H,28,33). The van der Waals surface area contributed by atoms with E-state index in [2.05, 4.69) is 83.3 Å². The van der Waals surface area contributed by atoms with E-state index in [1.165, 1.54) is 5.56 Å². The van der Waals surface area contributed by atoms with Crippen LogP contribution < -0.4 is 10.2 Å². The van der Waals surface area contributed by atoms with Gasteiger partial charge in [-0.2, -0.15) is 0 Å². The minimum Gasteiger partial charge on any atom is -0.355 e. The molecular weight excluding hydrogens is 468 g/mol. The number of hydrogen-bond donors (Lipinski definition) is 1. The molecule has 0 unspecified atom stereocenters. The Bertz CT molecular complexity index is 1540. The molecule has 0 saturated carbocycles. The van der Waals surface area contributed by atoms with Crippen LogP contribution in [0.15, 0.2) is 83.5 Å². The van der Waals surface area contributed by atoms with Crippen LogP contribution in [-0.2, 0) is 6.54 Å². The number of imidazole rings is 1. The van der Waals surface area contributed by atoms with E-state index >= 15 is 0 Å². The second-order valence-corrected chi connectivity index (χ2v) is 10.2. The molecule has 1 N–H and O–H groups in total. The molecule has 178 valence electrons. The van der Waals surface area contributed by atoms with Gasteiger partial charge >= 0.3 is 0 Å². The molecule has 3 aromatic heterocycles. The molecule has 8 nitrogen and oxygen atoms in total. The summed E-state index contributed by atoms with van der Waals surface area (Å²) in [6, 6.07) is 17.3. The van der Waals surface area contributed by atoms with Crippen LogP contribution in [0.25, 0.3) is 11.2 Å². The summed E-state index contributed by atoms with van der Waals surface area (Å²) in [5, 5.41) is 4.31. The van der Waals surface area contributed by atoms with Crippen molar-refractivity contribution in [2.45, 2.75) is 35.2 Å². The van der Waals surface area contributed by atoms with E-state index in [-0.39, 0.29) is 0 Å². The predicted molar refractivity (Wildman–Crippen MR) is 141 cm³/mol. The number of rotatable bonds is 4. The molecule has 0 aliphatic carbocycles. The zero-order valence-electron chi connectivity index (χ0n) is 19.6. The fourth-order valence-electron chi connectivity index (χ4n) is 5.14. The summed E-state index contributed by atoms with van der Waals surface area (Å²) in [6.07, 6.45) is 9.20. The third-order valence-electron chi connectivity index (χ3n) is 6.97. The quantitative estimate of drug-likeness (QED) is 0.357. The molecular formula is C27H24N8S. The van der Waals surface area contributed by atoms with E-state index in [1.54, 1.807) is 30.5 Å². The number of aromatic nitrogens is 6. The molecule has 5 aromatic rings. The van der Waals surface area contributed by atoms with Crippen molar-refractivity contribution in [1.82, 2.24) is 29.5 Å². The van der Waals surface area contributed by atoms with Gasteiger partial charge in [-0.05, 0) is 42.0 Å². The van der Waals surface area contributed by atoms with E-state index < -0.39 is 0 Å². The number of anilines is 3. The Morgan fingerprint density at radius 1 is 0.917 bits per heavy atom. The molecule has 0 bridgehead atoms. The Kier molecular flexibility index (Phi) is 5.27. The van der Waals surface area contributed by atoms with Gasteiger partial charge in [0.05, 0.1) is 18.6 Å². The van der Waals surface area contributed by atoms with Crippen LogP contribution in [0.5, 0.6) is 0 Å². The van der Waals surface area contributed by atoms with Gasteiger partial charge in [-0.15, -0.1) is 0 Å². The van der Waals surface area contributed by atoms with E-state index in [4.69, 9.17) is 4.98 Å². The van der Waals surface area contributed by atoms with Crippen molar-refractivity contribution in [3.05, 3.63) is 84.7 Å². The molecule has 0 atom stereocenters. The average Bonchev–Trinajstić information content (AvgIpc) is 3.35. The van der Waals surface area contributed by atoms with E-state index in [9.17, 15) is 0 Å². The number of nitrogens with one attached hydrogen (secondary N) is 1. The summed E-state index contributed by atoms with van der Waals surface area (Å²) in [5.74, 6) is 2.34. The fourth-order valence-corrected chi connectivity index (χ4v) is 6.02. The molecule has 5 heterocycles. The molecule has 2 aliphatic heterocycles. The molecule has 9 heteroatoms. The monoisotopic (exact) mass is 492 g/mol. The van der Waals surface area contributed by atoms with Crippen molar-refractivity contribution in [1.29, 1.82) is 0 Å². The third kappa shape index (κ3) is 3.85. The van der Waals surface area contributed by atoms with Gasteiger partial charge in [0, 0.05) is 30.4 Å². The summed E-state index contributed by atoms with van der Waals surface area (Å²) in [7, 11) is 0. The average molecular weight is 493 g/mol. The highest BCUT2D eigenvalue weighted by atomic mass is 32.2. The maximum absolute atomic E-state index is 4.74. The molecule has 1 fully saturated rings. The van der Waals surface area contributed by atoms with Crippen molar-refractivity contribution >= 4 is 40.2 Å². The highest BCUT2D eigenvalue weighted by molar-refractivity contribution is 7.99. The Balaban J connectivity index is 1.11. The van der Waals surface area contributed by atoms with Gasteiger partial charge in [-0.25, -0.2) is 24.9 Å². The third-order valence-corrected chi connectivity index (χ3v) is 8.04. The zero-order chi connectivity index (χ0) is 23.9. The number of benzene rings is 2. The van der Waals surface area contributed by atoms with Gasteiger partial charge < -0.3 is 14.8 Å². The van der Waals surface area contributed by atoms with E-state index in [1.807, 2.05) is 6.33 Å². The van der Waals surface area contributed by atoms with Gasteiger partial charge in [-0.3, -0.25) is 0 Å². The molecule has 7 rings (SSSR count). The highest BCUT2D eigenvalue weighted by Crippen LogP contribution is 2.42. The largest absolute Gasteiger partial charge is 0.355 e. The smallest absolute Gasteiger partial charge is 0.165 e. The number of fused-ring (bicyclic) bond motifs is 3. The summed E-state index contributed by atoms with van der Waals surface area (Å²) in [6.45, 7) is 2.62. The minimum atomic E-state index is 0.603. The molecule has 36 heavy (non-hydrogen) atoms. The van der Waals surface area contributed by atoms with Crippen molar-refractivity contribution in [2.24, 2.45) is 0 Å². The van der Waals surface area contributed by atoms with Crippen LogP contribution in [0.1, 0.15) is 29.9 Å². The van der Waals surface area contributed by atoms with Crippen LogP contribution in [-0.4, -0.2) is 42.6 Å². The van der Waals surface area contributed by atoms with Crippen molar-refractivity contribution < 1.29 is 0 Å². The first kappa shape index (κ1) is 21.3. The van der Waals surface area contributed by atoms with Crippen molar-refractivity contribution in [2.75, 3.05) is 23.3 Å². The molecule has 0 radical (unpaired) electrons. The number of piperidine rings is 1. The van der Waals surface area contributed by atoms with Crippen LogP contribution >= 0.6 is 11.8 Å². The fraction of sp³-hybridized carbons (Fsp3) is 0.222. The SMILES string of the molecule is c1ccc(C2CCN(c3ncnc4c3ncn4Cc3ccc4c(c3)Nc3nccnc3S4)CC2)cc1. The topological polar surface area (TPSA) is 84.7 Å². The lowest BCUT2D eigenvalue weighted by atomic mass is 9.89. The van der Waals surface area contributed by atoms with E-state index in [0.717, 1.165) is 69.9 Å². The Morgan fingerprint density at radius 2 is 1.78 bits per heavy atom. The van der Waals surface area contributed by atoms with Crippen LogP contribution in [0.2, 0.25) is 0 Å². The Hall–Kier alpha value is -3.98. The highest BCUT2D eigenvalue weighted by Gasteiger charge is 2.24. The first-order valence-corrected chi connectivity index (χ1v) is 13.0. The minimum absolute atomic E-state index is 0.603. The summed E-state index contributed by atoms with van der Waals surface area (Å²) in [5.41, 5.74) is 5.37. The van der Waals surface area contributed by atoms with Crippen LogP contribution in [0, 0.1) is 0 Å². The van der Waals surface area contributed by atoms with Gasteiger partial charge in [-0.1, -0.05) is 48.2 Å². The first-order chi connectivity index (χ1) is 17.8. The molecule has 0 amide bonds. The Labute approximate surface area is 212 Å². The molecule has 1 saturated heterocycles. The summed E-state index contributed by atoms with van der Waals surface area (Å²) >= 11 is 1.64. The maximum Gasteiger partial charge on any atom is 0.165 e. The lowest BCUT2D eigenvalue weighted by Gasteiger charge is -2.33. The molecule has 2 aliphatic rings. The van der Waals surface area contributed by atoms with Crippen molar-refractivity contribution in [3.63, 3.8) is 0 Å². The molecule has 2 aromatic carbocycles. The summed E-state index contributed by atoms with van der Waals surface area (Å²) < 4.78 is 2.10. The second-order valence-electron chi connectivity index (χ2n) is 9.18. The van der Waals surface area contributed by atoms with Crippen molar-refractivity contribution in [3.8, 4) is 0 Å². The molecule has 0 spiro atoms. The van der Waals surface area contributed by atoms with Crippen LogP contribution in [0.3, 0.4) is 0 Å². The Morgan fingerprint density at radius 3 is 2.67 bits per heavy atom.